The monoisotopic (exact) mass is 802 g/mol. The van der Waals surface area contributed by atoms with Crippen molar-refractivity contribution in [2.24, 2.45) is 5.73 Å². The van der Waals surface area contributed by atoms with Gasteiger partial charge in [-0.05, 0) is 38.5 Å². The first-order valence-electron chi connectivity index (χ1n) is 23.2. The van der Waals surface area contributed by atoms with Gasteiger partial charge in [-0.25, -0.2) is 4.57 Å². The number of allylic oxidation sites excluding steroid dienone is 2. The van der Waals surface area contributed by atoms with Gasteiger partial charge < -0.3 is 20.1 Å². The number of hydrogen-bond acceptors (Lipinski definition) is 8. The molecule has 1 unspecified atom stereocenters. The smallest absolute Gasteiger partial charge is 0.462 e. The van der Waals surface area contributed by atoms with Crippen LogP contribution >= 0.6 is 7.82 Å². The molecule has 0 aliphatic rings. The van der Waals surface area contributed by atoms with E-state index in [0.29, 0.717) is 6.42 Å². The lowest BCUT2D eigenvalue weighted by Gasteiger charge is -2.19. The van der Waals surface area contributed by atoms with Crippen LogP contribution in [-0.4, -0.2) is 49.3 Å². The highest BCUT2D eigenvalue weighted by Crippen LogP contribution is 2.43. The second kappa shape index (κ2) is 42.4. The first kappa shape index (κ1) is 53.8. The van der Waals surface area contributed by atoms with Crippen molar-refractivity contribution in [1.29, 1.82) is 0 Å². The first-order valence-corrected chi connectivity index (χ1v) is 24.7. The Morgan fingerprint density at radius 1 is 0.527 bits per heavy atom. The number of carbonyl (C=O) groups is 2. The molecule has 0 saturated carbocycles. The van der Waals surface area contributed by atoms with Crippen molar-refractivity contribution < 1.29 is 37.6 Å². The van der Waals surface area contributed by atoms with Crippen LogP contribution in [0.25, 0.3) is 0 Å². The molecule has 0 radical (unpaired) electrons. The third-order valence-electron chi connectivity index (χ3n) is 10.2. The molecular weight excluding hydrogens is 713 g/mol. The SMILES string of the molecule is CCCCCCC=CCCCCCCCC(=O)O[C@H](COC(=O)CCCCCCCCCCCCCCCCCCCCCCC)COP(=O)(O)OCCN. The van der Waals surface area contributed by atoms with E-state index in [-0.39, 0.29) is 38.6 Å². The zero-order chi connectivity index (χ0) is 40.3. The standard InChI is InChI=1S/C45H88NO8P/c1-3-5-7-9-11-13-15-17-18-19-20-21-22-23-24-26-27-29-31-33-35-37-44(47)51-41-43(42-53-55(49,50)52-40-39-46)54-45(48)38-36-34-32-30-28-25-16-14-12-10-8-6-4-2/h14,16,43H,3-13,15,17-42,46H2,1-2H3,(H,49,50)/t43-/m1/s1. The minimum atomic E-state index is -4.37. The Balaban J connectivity index is 4.02. The lowest BCUT2D eigenvalue weighted by Crippen LogP contribution is -2.29. The van der Waals surface area contributed by atoms with Crippen molar-refractivity contribution in [1.82, 2.24) is 0 Å². The molecule has 0 spiro atoms. The quantitative estimate of drug-likeness (QED) is 0.0267. The molecule has 0 aromatic heterocycles. The summed E-state index contributed by atoms with van der Waals surface area (Å²) in [6.45, 7) is 3.74. The number of ether oxygens (including phenoxy) is 2. The minimum absolute atomic E-state index is 0.0549. The normalized spacial score (nSPS) is 13.3. The van der Waals surface area contributed by atoms with Gasteiger partial charge in [0.25, 0.3) is 0 Å². The molecule has 0 amide bonds. The Kier molecular flexibility index (Phi) is 41.4. The maximum Gasteiger partial charge on any atom is 0.472 e. The molecule has 3 N–H and O–H groups in total. The zero-order valence-corrected chi connectivity index (χ0v) is 36.8. The van der Waals surface area contributed by atoms with Crippen LogP contribution in [0.5, 0.6) is 0 Å². The molecule has 0 aliphatic carbocycles. The number of hydrogen-bond donors (Lipinski definition) is 2. The summed E-state index contributed by atoms with van der Waals surface area (Å²) in [7, 11) is -4.37. The minimum Gasteiger partial charge on any atom is -0.462 e. The molecule has 0 aromatic carbocycles. The lowest BCUT2D eigenvalue weighted by atomic mass is 10.0. The van der Waals surface area contributed by atoms with E-state index >= 15 is 0 Å². The number of unbranched alkanes of at least 4 members (excludes halogenated alkanes) is 29. The highest BCUT2D eigenvalue weighted by atomic mass is 31.2. The fraction of sp³-hybridized carbons (Fsp3) is 0.911. The summed E-state index contributed by atoms with van der Waals surface area (Å²) in [5, 5.41) is 0. The third-order valence-corrected chi connectivity index (χ3v) is 11.1. The summed E-state index contributed by atoms with van der Waals surface area (Å²) in [6, 6.07) is 0. The fourth-order valence-electron chi connectivity index (χ4n) is 6.69. The van der Waals surface area contributed by atoms with Gasteiger partial charge in [0.05, 0.1) is 13.2 Å². The number of esters is 2. The fourth-order valence-corrected chi connectivity index (χ4v) is 7.45. The maximum atomic E-state index is 12.6. The number of phosphoric acid groups is 1. The summed E-state index contributed by atoms with van der Waals surface area (Å²) in [5.41, 5.74) is 5.35. The van der Waals surface area contributed by atoms with Crippen LogP contribution in [0.4, 0.5) is 0 Å². The second-order valence-corrected chi connectivity index (χ2v) is 17.1. The van der Waals surface area contributed by atoms with E-state index in [9.17, 15) is 19.0 Å². The summed E-state index contributed by atoms with van der Waals surface area (Å²) in [4.78, 5) is 34.9. The van der Waals surface area contributed by atoms with Gasteiger partial charge in [0.2, 0.25) is 0 Å². The predicted octanol–water partition coefficient (Wildman–Crippen LogP) is 13.4. The highest BCUT2D eigenvalue weighted by Gasteiger charge is 2.26. The largest absolute Gasteiger partial charge is 0.472 e. The van der Waals surface area contributed by atoms with E-state index in [4.69, 9.17) is 24.3 Å². The van der Waals surface area contributed by atoms with Gasteiger partial charge in [0, 0.05) is 19.4 Å². The summed E-state index contributed by atoms with van der Waals surface area (Å²) >= 11 is 0. The van der Waals surface area contributed by atoms with Crippen LogP contribution in [0, 0.1) is 0 Å². The molecular formula is C45H88NO8P. The zero-order valence-electron chi connectivity index (χ0n) is 35.9. The van der Waals surface area contributed by atoms with Crippen LogP contribution in [0.3, 0.4) is 0 Å². The molecule has 0 heterocycles. The Bertz CT molecular complexity index is 917. The van der Waals surface area contributed by atoms with Crippen LogP contribution in [0.15, 0.2) is 12.2 Å². The Morgan fingerprint density at radius 2 is 0.891 bits per heavy atom. The van der Waals surface area contributed by atoms with Gasteiger partial charge in [0.15, 0.2) is 6.10 Å². The van der Waals surface area contributed by atoms with Gasteiger partial charge in [-0.1, -0.05) is 193 Å². The number of carbonyl (C=O) groups excluding carboxylic acids is 2. The highest BCUT2D eigenvalue weighted by molar-refractivity contribution is 7.47. The van der Waals surface area contributed by atoms with E-state index in [1.54, 1.807) is 0 Å². The summed E-state index contributed by atoms with van der Waals surface area (Å²) < 4.78 is 32.8. The molecule has 0 aromatic rings. The predicted molar refractivity (Wildman–Crippen MR) is 229 cm³/mol. The molecule has 2 atom stereocenters. The average Bonchev–Trinajstić information content (AvgIpc) is 3.17. The van der Waals surface area contributed by atoms with Crippen LogP contribution in [-0.2, 0) is 32.7 Å². The van der Waals surface area contributed by atoms with E-state index in [1.807, 2.05) is 0 Å². The van der Waals surface area contributed by atoms with Crippen molar-refractivity contribution in [3.05, 3.63) is 12.2 Å². The Hall–Kier alpha value is -1.25. The van der Waals surface area contributed by atoms with Crippen molar-refractivity contribution in [3.63, 3.8) is 0 Å². The van der Waals surface area contributed by atoms with Crippen LogP contribution < -0.4 is 5.73 Å². The van der Waals surface area contributed by atoms with Crippen molar-refractivity contribution in [2.75, 3.05) is 26.4 Å². The molecule has 10 heteroatoms. The number of nitrogens with two attached hydrogens (primary N) is 1. The number of phosphoric ester groups is 1. The summed E-state index contributed by atoms with van der Waals surface area (Å²) in [5.74, 6) is -0.826. The molecule has 0 bridgehead atoms. The van der Waals surface area contributed by atoms with Crippen LogP contribution in [0.1, 0.15) is 232 Å². The molecule has 0 fully saturated rings. The van der Waals surface area contributed by atoms with Crippen molar-refractivity contribution in [2.45, 2.75) is 238 Å². The lowest BCUT2D eigenvalue weighted by molar-refractivity contribution is -0.161. The van der Waals surface area contributed by atoms with Crippen molar-refractivity contribution >= 4 is 19.8 Å². The molecule has 0 aliphatic heterocycles. The van der Waals surface area contributed by atoms with E-state index in [0.717, 1.165) is 51.4 Å². The van der Waals surface area contributed by atoms with Crippen molar-refractivity contribution in [3.8, 4) is 0 Å². The van der Waals surface area contributed by atoms with Gasteiger partial charge in [0.1, 0.15) is 6.61 Å². The average molecular weight is 802 g/mol. The third kappa shape index (κ3) is 42.2. The maximum absolute atomic E-state index is 12.6. The molecule has 55 heavy (non-hydrogen) atoms. The summed E-state index contributed by atoms with van der Waals surface area (Å²) in [6.07, 6.45) is 43.9. The topological polar surface area (TPSA) is 134 Å². The van der Waals surface area contributed by atoms with Gasteiger partial charge in [-0.15, -0.1) is 0 Å². The molecule has 9 nitrogen and oxygen atoms in total. The van der Waals surface area contributed by atoms with E-state index in [2.05, 4.69) is 26.0 Å². The van der Waals surface area contributed by atoms with E-state index < -0.39 is 26.5 Å². The molecule has 0 saturated heterocycles. The van der Waals surface area contributed by atoms with E-state index in [1.165, 1.54) is 148 Å². The first-order chi connectivity index (χ1) is 26.8. The van der Waals surface area contributed by atoms with Crippen LogP contribution in [0.2, 0.25) is 0 Å². The van der Waals surface area contributed by atoms with Gasteiger partial charge in [-0.2, -0.15) is 0 Å². The second-order valence-electron chi connectivity index (χ2n) is 15.6. The van der Waals surface area contributed by atoms with Gasteiger partial charge in [-0.3, -0.25) is 18.6 Å². The molecule has 326 valence electrons. The molecule has 0 rings (SSSR count). The number of rotatable bonds is 44. The Labute approximate surface area is 339 Å². The van der Waals surface area contributed by atoms with Gasteiger partial charge >= 0.3 is 19.8 Å². The Morgan fingerprint density at radius 3 is 1.31 bits per heavy atom.